The highest BCUT2D eigenvalue weighted by molar-refractivity contribution is 14.1. The Labute approximate surface area is 119 Å². The zero-order valence-electron chi connectivity index (χ0n) is 9.52. The maximum absolute atomic E-state index is 6.21. The van der Waals surface area contributed by atoms with Crippen LogP contribution in [0.3, 0.4) is 0 Å². The molecule has 0 aliphatic heterocycles. The maximum atomic E-state index is 6.21. The van der Waals surface area contributed by atoms with Crippen molar-refractivity contribution < 1.29 is 4.74 Å². The van der Waals surface area contributed by atoms with Crippen LogP contribution in [0, 0.1) is 2.88 Å². The molecular weight excluding hydrogens is 345 g/mol. The van der Waals surface area contributed by atoms with Crippen molar-refractivity contribution in [2.24, 2.45) is 5.73 Å². The highest BCUT2D eigenvalue weighted by Gasteiger charge is 2.11. The number of rotatable bonds is 4. The molecule has 0 saturated heterocycles. The van der Waals surface area contributed by atoms with Gasteiger partial charge in [0.05, 0.1) is 9.99 Å². The molecule has 0 amide bonds. The first kappa shape index (κ1) is 12.9. The van der Waals surface area contributed by atoms with Crippen molar-refractivity contribution in [1.82, 2.24) is 0 Å². The van der Waals surface area contributed by atoms with Gasteiger partial charge in [0, 0.05) is 6.04 Å². The van der Waals surface area contributed by atoms with Gasteiger partial charge in [-0.05, 0) is 57.7 Å². The number of nitrogens with two attached hydrogens (primary N) is 1. The molecule has 90 valence electrons. The largest absolute Gasteiger partial charge is 0.496 e. The molecule has 2 aromatic rings. The van der Waals surface area contributed by atoms with Crippen LogP contribution in [0.2, 0.25) is 0 Å². The molecule has 1 unspecified atom stereocenters. The summed E-state index contributed by atoms with van der Waals surface area (Å²) in [7, 11) is 1.69. The fourth-order valence-electron chi connectivity index (χ4n) is 1.74. The van der Waals surface area contributed by atoms with E-state index in [2.05, 4.69) is 40.1 Å². The van der Waals surface area contributed by atoms with Crippen LogP contribution in [0.4, 0.5) is 0 Å². The van der Waals surface area contributed by atoms with Crippen LogP contribution in [-0.2, 0) is 6.42 Å². The molecule has 2 rings (SSSR count). The van der Waals surface area contributed by atoms with Crippen molar-refractivity contribution in [2.75, 3.05) is 7.11 Å². The molecule has 0 bridgehead atoms. The van der Waals surface area contributed by atoms with Gasteiger partial charge in [-0.15, -0.1) is 11.3 Å². The van der Waals surface area contributed by atoms with E-state index in [1.807, 2.05) is 18.2 Å². The number of hydrogen-bond acceptors (Lipinski definition) is 3. The van der Waals surface area contributed by atoms with E-state index in [4.69, 9.17) is 10.5 Å². The fourth-order valence-corrected chi connectivity index (χ4v) is 3.18. The van der Waals surface area contributed by atoms with E-state index in [1.165, 1.54) is 8.45 Å². The Balaban J connectivity index is 2.15. The molecule has 2 nitrogen and oxygen atoms in total. The first-order chi connectivity index (χ1) is 8.20. The van der Waals surface area contributed by atoms with Gasteiger partial charge in [-0.2, -0.15) is 0 Å². The van der Waals surface area contributed by atoms with Crippen LogP contribution < -0.4 is 10.5 Å². The Morgan fingerprint density at radius 2 is 2.18 bits per heavy atom. The van der Waals surface area contributed by atoms with Gasteiger partial charge in [0.2, 0.25) is 0 Å². The predicted octanol–water partition coefficient (Wildman–Crippen LogP) is 3.60. The van der Waals surface area contributed by atoms with Gasteiger partial charge in [0.15, 0.2) is 0 Å². The number of hydrogen-bond donors (Lipinski definition) is 1. The van der Waals surface area contributed by atoms with Gasteiger partial charge >= 0.3 is 0 Å². The minimum absolute atomic E-state index is 0.0334. The summed E-state index contributed by atoms with van der Waals surface area (Å²) in [4.78, 5) is 0. The molecule has 1 atom stereocenters. The zero-order chi connectivity index (χ0) is 12.3. The third kappa shape index (κ3) is 3.20. The second-order valence-electron chi connectivity index (χ2n) is 3.81. The highest BCUT2D eigenvalue weighted by atomic mass is 127. The van der Waals surface area contributed by atoms with Gasteiger partial charge in [-0.25, -0.2) is 0 Å². The summed E-state index contributed by atoms with van der Waals surface area (Å²) in [5, 5.41) is 2.13. The molecule has 17 heavy (non-hydrogen) atoms. The van der Waals surface area contributed by atoms with Crippen molar-refractivity contribution in [3.63, 3.8) is 0 Å². The molecule has 1 aromatic heterocycles. The summed E-state index contributed by atoms with van der Waals surface area (Å²) in [5.74, 6) is 0.910. The van der Waals surface area contributed by atoms with Crippen molar-refractivity contribution in [3.8, 4) is 5.75 Å². The molecule has 0 spiro atoms. The van der Waals surface area contributed by atoms with Crippen molar-refractivity contribution in [1.29, 1.82) is 0 Å². The van der Waals surface area contributed by atoms with Crippen LogP contribution in [0.25, 0.3) is 0 Å². The number of thiophene rings is 1. The molecule has 0 saturated carbocycles. The molecule has 0 fully saturated rings. The molecule has 0 radical (unpaired) electrons. The monoisotopic (exact) mass is 359 g/mol. The molecule has 0 aliphatic rings. The lowest BCUT2D eigenvalue weighted by Crippen LogP contribution is -2.13. The lowest BCUT2D eigenvalue weighted by atomic mass is 10.0. The van der Waals surface area contributed by atoms with E-state index in [-0.39, 0.29) is 6.04 Å². The fraction of sp³-hybridized carbons (Fsp3) is 0.231. The van der Waals surface area contributed by atoms with Crippen molar-refractivity contribution in [3.05, 3.63) is 49.7 Å². The number of para-hydroxylation sites is 1. The Morgan fingerprint density at radius 1 is 1.41 bits per heavy atom. The van der Waals surface area contributed by atoms with E-state index in [0.717, 1.165) is 17.7 Å². The van der Waals surface area contributed by atoms with Gasteiger partial charge in [-0.1, -0.05) is 18.2 Å². The van der Waals surface area contributed by atoms with Crippen LogP contribution in [-0.4, -0.2) is 7.11 Å². The van der Waals surface area contributed by atoms with Crippen LogP contribution in [0.15, 0.2) is 35.7 Å². The molecule has 1 heterocycles. The first-order valence-corrected chi connectivity index (χ1v) is 7.28. The van der Waals surface area contributed by atoms with E-state index in [0.29, 0.717) is 0 Å². The molecular formula is C13H14INOS. The summed E-state index contributed by atoms with van der Waals surface area (Å²) >= 11 is 4.05. The van der Waals surface area contributed by atoms with Gasteiger partial charge in [0.25, 0.3) is 0 Å². The Bertz CT molecular complexity index is 498. The van der Waals surface area contributed by atoms with Crippen molar-refractivity contribution in [2.45, 2.75) is 12.5 Å². The van der Waals surface area contributed by atoms with Gasteiger partial charge in [0.1, 0.15) is 5.75 Å². The van der Waals surface area contributed by atoms with Crippen LogP contribution in [0.5, 0.6) is 5.75 Å². The Kier molecular flexibility index (Phi) is 4.42. The summed E-state index contributed by atoms with van der Waals surface area (Å²) < 4.78 is 6.60. The molecule has 4 heteroatoms. The molecule has 2 N–H and O–H groups in total. The van der Waals surface area contributed by atoms with Crippen LogP contribution >= 0.6 is 33.9 Å². The van der Waals surface area contributed by atoms with E-state index < -0.39 is 0 Å². The quantitative estimate of drug-likeness (QED) is 0.847. The average Bonchev–Trinajstić information content (AvgIpc) is 2.77. The molecule has 1 aromatic carbocycles. The average molecular weight is 359 g/mol. The first-order valence-electron chi connectivity index (χ1n) is 5.32. The number of ether oxygens (including phenoxy) is 1. The highest BCUT2D eigenvalue weighted by Crippen LogP contribution is 2.26. The predicted molar refractivity (Wildman–Crippen MR) is 80.7 cm³/mol. The lowest BCUT2D eigenvalue weighted by molar-refractivity contribution is 0.408. The SMILES string of the molecule is COc1ccccc1CC(N)c1csc(I)c1. The minimum Gasteiger partial charge on any atom is -0.496 e. The smallest absolute Gasteiger partial charge is 0.122 e. The number of methoxy groups -OCH3 is 1. The normalized spacial score (nSPS) is 12.4. The minimum atomic E-state index is 0.0334. The lowest BCUT2D eigenvalue weighted by Gasteiger charge is -2.13. The summed E-state index contributed by atoms with van der Waals surface area (Å²) in [6.07, 6.45) is 0.802. The zero-order valence-corrected chi connectivity index (χ0v) is 12.5. The third-order valence-corrected chi connectivity index (χ3v) is 4.46. The third-order valence-electron chi connectivity index (χ3n) is 2.65. The number of halogens is 1. The second-order valence-corrected chi connectivity index (χ2v) is 6.61. The van der Waals surface area contributed by atoms with Gasteiger partial charge in [-0.3, -0.25) is 0 Å². The Hall–Kier alpha value is -0.590. The van der Waals surface area contributed by atoms with Crippen molar-refractivity contribution >= 4 is 33.9 Å². The Morgan fingerprint density at radius 3 is 2.82 bits per heavy atom. The standard InChI is InChI=1S/C13H14INOS/c1-16-12-5-3-2-4-9(12)6-11(15)10-7-13(14)17-8-10/h2-5,7-8,11H,6,15H2,1H3. The van der Waals surface area contributed by atoms with Gasteiger partial charge < -0.3 is 10.5 Å². The number of benzene rings is 1. The van der Waals surface area contributed by atoms with E-state index >= 15 is 0 Å². The van der Waals surface area contributed by atoms with E-state index in [1.54, 1.807) is 18.4 Å². The maximum Gasteiger partial charge on any atom is 0.122 e. The molecule has 0 aliphatic carbocycles. The summed E-state index contributed by atoms with van der Waals surface area (Å²) in [5.41, 5.74) is 8.57. The second kappa shape index (κ2) is 5.84. The van der Waals surface area contributed by atoms with Crippen LogP contribution in [0.1, 0.15) is 17.2 Å². The summed E-state index contributed by atoms with van der Waals surface area (Å²) in [6.45, 7) is 0. The van der Waals surface area contributed by atoms with E-state index in [9.17, 15) is 0 Å². The topological polar surface area (TPSA) is 35.2 Å². The summed E-state index contributed by atoms with van der Waals surface area (Å²) in [6, 6.07) is 10.2.